The largest absolute Gasteiger partial charge is 0.494 e. The Balaban J connectivity index is 1.77. The van der Waals surface area contributed by atoms with Crippen LogP contribution in [0, 0.1) is 0 Å². The van der Waals surface area contributed by atoms with Gasteiger partial charge in [-0.15, -0.1) is 0 Å². The lowest BCUT2D eigenvalue weighted by molar-refractivity contribution is -0.116. The molecule has 3 aromatic rings. The van der Waals surface area contributed by atoms with Gasteiger partial charge in [0.15, 0.2) is 5.82 Å². The fourth-order valence-electron chi connectivity index (χ4n) is 3.34. The van der Waals surface area contributed by atoms with Gasteiger partial charge in [-0.25, -0.2) is 0 Å². The summed E-state index contributed by atoms with van der Waals surface area (Å²) < 4.78 is 5.52. The van der Waals surface area contributed by atoms with E-state index in [4.69, 9.17) is 16.3 Å². The minimum atomic E-state index is -0.0705. The molecule has 2 aromatic carbocycles. The van der Waals surface area contributed by atoms with Crippen molar-refractivity contribution in [3.63, 3.8) is 0 Å². The van der Waals surface area contributed by atoms with Gasteiger partial charge in [0.1, 0.15) is 5.75 Å². The Morgan fingerprint density at radius 3 is 2.58 bits per heavy atom. The molecule has 0 bridgehead atoms. The molecule has 26 heavy (non-hydrogen) atoms. The topological polar surface area (TPSA) is 67.0 Å². The van der Waals surface area contributed by atoms with Crippen molar-refractivity contribution in [3.8, 4) is 17.0 Å². The van der Waals surface area contributed by atoms with E-state index in [1.165, 1.54) is 0 Å². The molecule has 1 aromatic heterocycles. The third-order valence-corrected chi connectivity index (χ3v) is 4.78. The van der Waals surface area contributed by atoms with Crippen molar-refractivity contribution in [2.75, 3.05) is 11.9 Å². The zero-order chi connectivity index (χ0) is 18.1. The maximum absolute atomic E-state index is 12.2. The number of rotatable bonds is 4. The molecule has 1 unspecified atom stereocenters. The van der Waals surface area contributed by atoms with Gasteiger partial charge in [0.05, 0.1) is 12.3 Å². The van der Waals surface area contributed by atoms with Gasteiger partial charge in [-0.3, -0.25) is 9.89 Å². The van der Waals surface area contributed by atoms with Gasteiger partial charge in [-0.2, -0.15) is 5.10 Å². The first-order valence-electron chi connectivity index (χ1n) is 8.52. The molecule has 0 radical (unpaired) electrons. The molecule has 132 valence electrons. The summed E-state index contributed by atoms with van der Waals surface area (Å²) in [5, 5.41) is 10.9. The number of fused-ring (bicyclic) bond motifs is 1. The summed E-state index contributed by atoms with van der Waals surface area (Å²) in [5.74, 6) is 1.30. The zero-order valence-corrected chi connectivity index (χ0v) is 15.0. The summed E-state index contributed by atoms with van der Waals surface area (Å²) in [7, 11) is 0. The summed E-state index contributed by atoms with van der Waals surface area (Å²) in [5.41, 5.74) is 3.93. The van der Waals surface area contributed by atoms with Crippen LogP contribution in [-0.2, 0) is 4.79 Å². The Morgan fingerprint density at radius 2 is 1.88 bits per heavy atom. The number of ether oxygens (including phenoxy) is 1. The first-order valence-corrected chi connectivity index (χ1v) is 8.90. The van der Waals surface area contributed by atoms with Crippen LogP contribution < -0.4 is 10.1 Å². The lowest BCUT2D eigenvalue weighted by atomic mass is 9.84. The van der Waals surface area contributed by atoms with Crippen molar-refractivity contribution < 1.29 is 9.53 Å². The first kappa shape index (κ1) is 16.7. The van der Waals surface area contributed by atoms with Crippen LogP contribution >= 0.6 is 11.6 Å². The number of aromatic nitrogens is 2. The highest BCUT2D eigenvalue weighted by molar-refractivity contribution is 6.30. The molecule has 1 aliphatic heterocycles. The van der Waals surface area contributed by atoms with Crippen LogP contribution in [0.4, 0.5) is 5.82 Å². The third kappa shape index (κ3) is 3.06. The monoisotopic (exact) mass is 367 g/mol. The number of carbonyl (C=O) groups excluding carboxylic acids is 1. The predicted octanol–water partition coefficient (Wildman–Crippen LogP) is 4.60. The number of halogens is 1. The Kier molecular flexibility index (Phi) is 4.39. The lowest BCUT2D eigenvalue weighted by Gasteiger charge is -2.23. The van der Waals surface area contributed by atoms with E-state index in [1.54, 1.807) is 0 Å². The minimum Gasteiger partial charge on any atom is -0.494 e. The maximum atomic E-state index is 12.2. The molecule has 2 N–H and O–H groups in total. The second-order valence-electron chi connectivity index (χ2n) is 6.17. The van der Waals surface area contributed by atoms with Crippen LogP contribution in [0.5, 0.6) is 5.75 Å². The Labute approximate surface area is 156 Å². The summed E-state index contributed by atoms with van der Waals surface area (Å²) in [6.45, 7) is 2.58. The van der Waals surface area contributed by atoms with Crippen molar-refractivity contribution in [2.24, 2.45) is 0 Å². The number of hydrogen-bond donors (Lipinski definition) is 2. The highest BCUT2D eigenvalue weighted by atomic mass is 35.5. The Hall–Kier alpha value is -2.79. The van der Waals surface area contributed by atoms with E-state index in [-0.39, 0.29) is 11.8 Å². The van der Waals surface area contributed by atoms with Gasteiger partial charge in [0.25, 0.3) is 0 Å². The summed E-state index contributed by atoms with van der Waals surface area (Å²) in [4.78, 5) is 12.2. The normalized spacial score (nSPS) is 16.1. The second kappa shape index (κ2) is 6.84. The fraction of sp³-hybridized carbons (Fsp3) is 0.200. The van der Waals surface area contributed by atoms with Crippen molar-refractivity contribution in [1.82, 2.24) is 10.2 Å². The van der Waals surface area contributed by atoms with Gasteiger partial charge in [0.2, 0.25) is 5.91 Å². The number of anilines is 1. The van der Waals surface area contributed by atoms with E-state index >= 15 is 0 Å². The molecule has 5 nitrogen and oxygen atoms in total. The number of benzene rings is 2. The highest BCUT2D eigenvalue weighted by Crippen LogP contribution is 2.42. The van der Waals surface area contributed by atoms with E-state index in [2.05, 4.69) is 15.5 Å². The van der Waals surface area contributed by atoms with E-state index in [0.29, 0.717) is 23.9 Å². The maximum Gasteiger partial charge on any atom is 0.226 e. The van der Waals surface area contributed by atoms with Crippen LogP contribution in [0.15, 0.2) is 48.5 Å². The molecule has 0 fully saturated rings. The lowest BCUT2D eigenvalue weighted by Crippen LogP contribution is -2.23. The summed E-state index contributed by atoms with van der Waals surface area (Å²) in [6, 6.07) is 15.5. The number of hydrogen-bond acceptors (Lipinski definition) is 3. The van der Waals surface area contributed by atoms with Gasteiger partial charge >= 0.3 is 0 Å². The molecule has 1 amide bonds. The number of H-pyrrole nitrogens is 1. The van der Waals surface area contributed by atoms with Crippen LogP contribution in [0.25, 0.3) is 11.3 Å². The van der Waals surface area contributed by atoms with E-state index in [0.717, 1.165) is 28.1 Å². The highest BCUT2D eigenvalue weighted by Gasteiger charge is 2.32. The fourth-order valence-corrected chi connectivity index (χ4v) is 3.47. The van der Waals surface area contributed by atoms with Gasteiger partial charge in [-0.05, 0) is 36.8 Å². The second-order valence-corrected chi connectivity index (χ2v) is 6.61. The van der Waals surface area contributed by atoms with Crippen LogP contribution in [-0.4, -0.2) is 22.7 Å². The third-order valence-electron chi connectivity index (χ3n) is 4.53. The molecule has 0 spiro atoms. The average Bonchev–Trinajstić information content (AvgIpc) is 3.06. The van der Waals surface area contributed by atoms with Crippen molar-refractivity contribution >= 4 is 23.3 Å². The van der Waals surface area contributed by atoms with E-state index in [1.807, 2.05) is 55.5 Å². The number of carbonyl (C=O) groups is 1. The van der Waals surface area contributed by atoms with Crippen molar-refractivity contribution in [2.45, 2.75) is 19.3 Å². The van der Waals surface area contributed by atoms with Gasteiger partial charge in [-0.1, -0.05) is 35.9 Å². The molecule has 1 atom stereocenters. The number of nitrogens with zero attached hydrogens (tertiary/aromatic N) is 1. The Morgan fingerprint density at radius 1 is 1.15 bits per heavy atom. The van der Waals surface area contributed by atoms with Crippen LogP contribution in [0.3, 0.4) is 0 Å². The molecular weight excluding hydrogens is 350 g/mol. The molecule has 0 saturated carbocycles. The number of nitrogens with one attached hydrogen (secondary N) is 2. The minimum absolute atomic E-state index is 0.0365. The smallest absolute Gasteiger partial charge is 0.226 e. The molecule has 0 saturated heterocycles. The average molecular weight is 368 g/mol. The number of amides is 1. The Bertz CT molecular complexity index is 933. The summed E-state index contributed by atoms with van der Waals surface area (Å²) in [6.07, 6.45) is 0.376. The molecule has 1 aliphatic rings. The SMILES string of the molecule is CCOc1ccc(C2CC(=O)Nc3n[nH]c(-c4ccc(Cl)cc4)c32)cc1. The van der Waals surface area contributed by atoms with Crippen LogP contribution in [0.1, 0.15) is 30.4 Å². The molecule has 0 aliphatic carbocycles. The predicted molar refractivity (Wildman–Crippen MR) is 102 cm³/mol. The van der Waals surface area contributed by atoms with Crippen molar-refractivity contribution in [3.05, 3.63) is 64.7 Å². The number of aromatic amines is 1. The van der Waals surface area contributed by atoms with E-state index < -0.39 is 0 Å². The zero-order valence-electron chi connectivity index (χ0n) is 14.3. The quantitative estimate of drug-likeness (QED) is 0.708. The van der Waals surface area contributed by atoms with Crippen LogP contribution in [0.2, 0.25) is 5.02 Å². The molecule has 4 rings (SSSR count). The van der Waals surface area contributed by atoms with Gasteiger partial charge < -0.3 is 10.1 Å². The van der Waals surface area contributed by atoms with Gasteiger partial charge in [0, 0.05) is 28.5 Å². The first-order chi connectivity index (χ1) is 12.7. The van der Waals surface area contributed by atoms with E-state index in [9.17, 15) is 4.79 Å². The van der Waals surface area contributed by atoms with Crippen molar-refractivity contribution in [1.29, 1.82) is 0 Å². The molecular formula is C20H18ClN3O2. The molecule has 2 heterocycles. The standard InChI is InChI=1S/C20H18ClN3O2/c1-2-26-15-9-5-12(6-10-15)16-11-17(25)22-20-18(16)19(23-24-20)13-3-7-14(21)8-4-13/h3-10,16H,2,11H2,1H3,(H2,22,23,24,25). The molecule has 6 heteroatoms. The summed E-state index contributed by atoms with van der Waals surface area (Å²) >= 11 is 6.01.